The van der Waals surface area contributed by atoms with Crippen LogP contribution in [0.15, 0.2) is 87.8 Å². The number of carboxylic acids is 1. The number of phenolic OH excluding ortho intramolecular Hbond substituents is 2. The lowest BCUT2D eigenvalue weighted by Crippen LogP contribution is -2.69. The maximum Gasteiger partial charge on any atom is 0.336 e. The quantitative estimate of drug-likeness (QED) is 0.123. The van der Waals surface area contributed by atoms with Gasteiger partial charge in [0.1, 0.15) is 64.4 Å². The average Bonchev–Trinajstić information content (AvgIpc) is 4.00. The molecule has 2 fully saturated rings. The van der Waals surface area contributed by atoms with Crippen molar-refractivity contribution in [3.8, 4) is 34.5 Å². The molecule has 5 aliphatic rings. The number of nitrogens with zero attached hydrogens (tertiary/aromatic N) is 3. The highest BCUT2D eigenvalue weighted by molar-refractivity contribution is 6.13. The highest BCUT2D eigenvalue weighted by Gasteiger charge is 2.59. The number of aliphatic carboxylic acids is 1. The molecule has 3 aromatic rings. The van der Waals surface area contributed by atoms with Crippen molar-refractivity contribution in [2.45, 2.75) is 80.4 Å². The molecule has 0 spiro atoms. The van der Waals surface area contributed by atoms with Crippen LogP contribution in [-0.4, -0.2) is 109 Å². The van der Waals surface area contributed by atoms with Crippen LogP contribution < -0.4 is 24.4 Å². The minimum Gasteiger partial charge on any atom is -0.508 e. The Bertz CT molecular complexity index is 2300. The second-order valence-corrected chi connectivity index (χ2v) is 15.0. The van der Waals surface area contributed by atoms with Crippen LogP contribution in [0.3, 0.4) is 0 Å². The van der Waals surface area contributed by atoms with Gasteiger partial charge in [0.15, 0.2) is 23.3 Å². The first-order valence-electron chi connectivity index (χ1n) is 19.1. The number of ether oxygens (including phenoxy) is 5. The Labute approximate surface area is 337 Å². The number of hydrogen-bond donors (Lipinski definition) is 8. The molecular formula is C42H43N4O13+. The third-order valence-electron chi connectivity index (χ3n) is 11.0. The summed E-state index contributed by atoms with van der Waals surface area (Å²) in [5.74, 6) is -2.35. The number of hydrogen-bond acceptors (Lipinski definition) is 14. The number of nitrogens with two attached hydrogens (primary N) is 1. The number of aliphatic hydroxyl groups is 4. The molecule has 308 valence electrons. The predicted octanol–water partition coefficient (Wildman–Crippen LogP) is 2.43. The molecule has 17 heteroatoms. The van der Waals surface area contributed by atoms with Crippen molar-refractivity contribution in [3.63, 3.8) is 0 Å². The molecule has 6 unspecified atom stereocenters. The molecule has 0 radical (unpaired) electrons. The highest BCUT2D eigenvalue weighted by atomic mass is 16.7. The van der Waals surface area contributed by atoms with Gasteiger partial charge in [-0.1, -0.05) is 24.3 Å². The second-order valence-electron chi connectivity index (χ2n) is 15.0. The van der Waals surface area contributed by atoms with Gasteiger partial charge in [0.05, 0.1) is 13.2 Å². The number of carboxylic acid groups (broad SMARTS) is 1. The summed E-state index contributed by atoms with van der Waals surface area (Å²) in [5, 5.41) is 83.9. The van der Waals surface area contributed by atoms with Crippen molar-refractivity contribution in [2.75, 3.05) is 13.2 Å². The summed E-state index contributed by atoms with van der Waals surface area (Å²) in [7, 11) is 0. The molecule has 9 N–H and O–H groups in total. The van der Waals surface area contributed by atoms with E-state index in [1.165, 1.54) is 24.5 Å². The first kappa shape index (κ1) is 39.6. The Kier molecular flexibility index (Phi) is 10.6. The molecule has 4 aliphatic heterocycles. The molecule has 4 heterocycles. The van der Waals surface area contributed by atoms with Crippen LogP contribution in [0.1, 0.15) is 61.3 Å². The molecule has 1 saturated heterocycles. The number of allylic oxidation sites excluding steroid dienone is 1. The number of fused-ring (bicyclic) bond motifs is 1. The van der Waals surface area contributed by atoms with E-state index in [-0.39, 0.29) is 46.6 Å². The van der Waals surface area contributed by atoms with Crippen molar-refractivity contribution in [1.82, 2.24) is 0 Å². The molecule has 3 aromatic carbocycles. The van der Waals surface area contributed by atoms with Crippen molar-refractivity contribution in [1.29, 1.82) is 0 Å². The second kappa shape index (κ2) is 15.8. The fourth-order valence-corrected chi connectivity index (χ4v) is 8.02. The van der Waals surface area contributed by atoms with E-state index in [1.807, 2.05) is 6.08 Å². The summed E-state index contributed by atoms with van der Waals surface area (Å²) in [4.78, 5) is 24.7. The van der Waals surface area contributed by atoms with Gasteiger partial charge in [-0.15, -0.1) is 0 Å². The minimum atomic E-state index is -2.54. The van der Waals surface area contributed by atoms with Gasteiger partial charge in [-0.25, -0.2) is 9.79 Å². The predicted molar refractivity (Wildman–Crippen MR) is 210 cm³/mol. The summed E-state index contributed by atoms with van der Waals surface area (Å²) < 4.78 is 30.7. The molecule has 8 rings (SSSR count). The molecular weight excluding hydrogens is 768 g/mol. The van der Waals surface area contributed by atoms with Crippen LogP contribution in [0.5, 0.6) is 34.5 Å². The number of aliphatic hydroxyl groups excluding tert-OH is 3. The van der Waals surface area contributed by atoms with Gasteiger partial charge in [0.2, 0.25) is 12.0 Å². The number of amidine groups is 1. The third-order valence-corrected chi connectivity index (χ3v) is 11.0. The van der Waals surface area contributed by atoms with Gasteiger partial charge in [-0.05, 0) is 72.1 Å². The van der Waals surface area contributed by atoms with E-state index in [9.17, 15) is 40.5 Å². The van der Waals surface area contributed by atoms with Crippen LogP contribution in [0, 0.1) is 0 Å². The fraction of sp³-hybridized carbons (Fsp3) is 0.357. The normalized spacial score (nSPS) is 26.7. The van der Waals surface area contributed by atoms with E-state index in [0.29, 0.717) is 48.6 Å². The van der Waals surface area contributed by atoms with Crippen molar-refractivity contribution < 1.29 is 69.6 Å². The first-order valence-corrected chi connectivity index (χ1v) is 19.1. The zero-order chi connectivity index (χ0) is 41.5. The molecule has 0 bridgehead atoms. The van der Waals surface area contributed by atoms with Crippen LogP contribution >= 0.6 is 0 Å². The monoisotopic (exact) mass is 811 g/mol. The van der Waals surface area contributed by atoms with Crippen LogP contribution in [0.25, 0.3) is 5.76 Å². The van der Waals surface area contributed by atoms with Gasteiger partial charge < -0.3 is 59.4 Å². The van der Waals surface area contributed by atoms with Gasteiger partial charge in [0, 0.05) is 36.8 Å². The minimum absolute atomic E-state index is 0.0148. The van der Waals surface area contributed by atoms with Gasteiger partial charge in [-0.2, -0.15) is 0 Å². The van der Waals surface area contributed by atoms with Crippen LogP contribution in [0.4, 0.5) is 0 Å². The molecule has 1 saturated carbocycles. The fourth-order valence-electron chi connectivity index (χ4n) is 8.02. The van der Waals surface area contributed by atoms with Gasteiger partial charge in [0.25, 0.3) is 0 Å². The topological polar surface area (TPSA) is 268 Å². The number of benzene rings is 3. The Hall–Kier alpha value is -6.27. The zero-order valence-electron chi connectivity index (χ0n) is 31.5. The van der Waals surface area contributed by atoms with Gasteiger partial charge >= 0.3 is 11.8 Å². The molecule has 17 nitrogen and oxygen atoms in total. The largest absolute Gasteiger partial charge is 0.508 e. The molecule has 0 aromatic heterocycles. The number of rotatable bonds is 13. The smallest absolute Gasteiger partial charge is 0.336 e. The van der Waals surface area contributed by atoms with E-state index in [4.69, 9.17) is 29.1 Å². The van der Waals surface area contributed by atoms with Crippen molar-refractivity contribution in [2.24, 2.45) is 15.0 Å². The van der Waals surface area contributed by atoms with E-state index >= 15 is 0 Å². The molecule has 0 amide bonds. The Morgan fingerprint density at radius 2 is 1.80 bits per heavy atom. The lowest BCUT2D eigenvalue weighted by Gasteiger charge is -2.46. The number of phenols is 2. The maximum absolute atomic E-state index is 12.5. The third kappa shape index (κ3) is 7.72. The van der Waals surface area contributed by atoms with Crippen molar-refractivity contribution >= 4 is 35.3 Å². The standard InChI is InChI=1S/C42H42N4O13/c43-32-11-8-24(46-32)12-15-55-27-9-6-22(7-10-27)29-17-28(48)33-30(56-29)18-31(36(34(33)49)59-41(13-1-2-14-41)23-4-3-5-26(47)16-23)57-40-35(50)37(51)42(54,38(58-40)39(52)53)19-25-20-44-21-45-25/h3-11,16-18,21,29,35,37-38,40,43,47-51,54H,1-2,12-15,19-20H2,(H,52,53)/p+1. The number of aromatic hydroxyl groups is 2. The van der Waals surface area contributed by atoms with Gasteiger partial charge in [-0.3, -0.25) is 10.4 Å². The summed E-state index contributed by atoms with van der Waals surface area (Å²) in [5.41, 5.74) is -1.54. The van der Waals surface area contributed by atoms with E-state index in [1.54, 1.807) is 48.5 Å². The molecule has 1 aliphatic carbocycles. The Balaban J connectivity index is 1.12. The highest BCUT2D eigenvalue weighted by Crippen LogP contribution is 2.55. The molecule has 6 atom stereocenters. The van der Waals surface area contributed by atoms with Crippen LogP contribution in [-0.2, 0) is 15.1 Å². The average molecular weight is 812 g/mol. The van der Waals surface area contributed by atoms with Crippen molar-refractivity contribution in [3.05, 3.63) is 89.5 Å². The Morgan fingerprint density at radius 3 is 2.47 bits per heavy atom. The maximum atomic E-state index is 12.5. The van der Waals surface area contributed by atoms with E-state index < -0.39 is 60.0 Å². The summed E-state index contributed by atoms with van der Waals surface area (Å²) >= 11 is 0. The lowest BCUT2D eigenvalue weighted by atomic mass is 9.80. The van der Waals surface area contributed by atoms with E-state index in [2.05, 4.69) is 15.0 Å². The zero-order valence-corrected chi connectivity index (χ0v) is 31.5. The Morgan fingerprint density at radius 1 is 1.02 bits per heavy atom. The lowest BCUT2D eigenvalue weighted by molar-refractivity contribution is -0.303. The SMILES string of the molecule is [NH2+]=C1C=CC(CCOc2ccc(C3C=C(O)c4c(cc(OC5OC(C(=O)O)C(O)(CC6=NC=NC6)C(O)C5O)c(OC5(c6cccc(O)c6)CCCC5)c4O)O3)cc2)=N1. The first-order chi connectivity index (χ1) is 28.3. The number of aliphatic imine (C=N–C) groups is 3. The molecule has 59 heavy (non-hydrogen) atoms. The summed E-state index contributed by atoms with van der Waals surface area (Å²) in [6.45, 7) is 0.410. The summed E-state index contributed by atoms with van der Waals surface area (Å²) in [6, 6.07) is 14.7. The van der Waals surface area contributed by atoms with E-state index in [0.717, 1.165) is 18.6 Å². The number of carbonyl (C=O) groups is 1. The summed E-state index contributed by atoms with van der Waals surface area (Å²) in [6.07, 6.45) is -0.509. The van der Waals surface area contributed by atoms with Crippen LogP contribution in [0.2, 0.25) is 0 Å².